The fourth-order valence-electron chi connectivity index (χ4n) is 2.16. The summed E-state index contributed by atoms with van der Waals surface area (Å²) in [4.78, 5) is 4.44. The SMILES string of the molecule is Cl.c1ccc2ncc(NC3CCNC3)cc2c1. The third-order valence-electron chi connectivity index (χ3n) is 3.02. The molecule has 90 valence electrons. The molecule has 4 heteroatoms. The average Bonchev–Trinajstić information content (AvgIpc) is 2.82. The van der Waals surface area contributed by atoms with Crippen LogP contribution in [0, 0.1) is 0 Å². The zero-order valence-electron chi connectivity index (χ0n) is 9.52. The van der Waals surface area contributed by atoms with Crippen molar-refractivity contribution in [2.75, 3.05) is 18.4 Å². The van der Waals surface area contributed by atoms with Gasteiger partial charge in [-0.1, -0.05) is 18.2 Å². The minimum Gasteiger partial charge on any atom is -0.380 e. The number of pyridine rings is 1. The predicted octanol–water partition coefficient (Wildman–Crippen LogP) is 2.43. The van der Waals surface area contributed by atoms with Crippen LogP contribution in [0.25, 0.3) is 10.9 Å². The molecule has 1 saturated heterocycles. The van der Waals surface area contributed by atoms with Crippen molar-refractivity contribution >= 4 is 29.0 Å². The molecule has 1 aliphatic heterocycles. The molecule has 1 atom stereocenters. The van der Waals surface area contributed by atoms with Gasteiger partial charge < -0.3 is 10.6 Å². The van der Waals surface area contributed by atoms with Gasteiger partial charge in [0.15, 0.2) is 0 Å². The van der Waals surface area contributed by atoms with Gasteiger partial charge in [0.2, 0.25) is 0 Å². The Hall–Kier alpha value is -1.32. The second kappa shape index (κ2) is 5.34. The highest BCUT2D eigenvalue weighted by Gasteiger charge is 2.13. The molecule has 2 N–H and O–H groups in total. The molecule has 17 heavy (non-hydrogen) atoms. The number of hydrogen-bond donors (Lipinski definition) is 2. The Bertz CT molecular complexity index is 495. The second-order valence-corrected chi connectivity index (χ2v) is 4.25. The van der Waals surface area contributed by atoms with E-state index in [1.807, 2.05) is 24.4 Å². The third-order valence-corrected chi connectivity index (χ3v) is 3.02. The number of fused-ring (bicyclic) bond motifs is 1. The lowest BCUT2D eigenvalue weighted by atomic mass is 10.2. The van der Waals surface area contributed by atoms with Crippen LogP contribution in [0.1, 0.15) is 6.42 Å². The van der Waals surface area contributed by atoms with Gasteiger partial charge in [0.05, 0.1) is 17.4 Å². The van der Waals surface area contributed by atoms with Gasteiger partial charge in [-0.3, -0.25) is 4.98 Å². The molecule has 1 aromatic heterocycles. The largest absolute Gasteiger partial charge is 0.380 e. The highest BCUT2D eigenvalue weighted by Crippen LogP contribution is 2.17. The van der Waals surface area contributed by atoms with E-state index in [9.17, 15) is 0 Å². The van der Waals surface area contributed by atoms with Crippen molar-refractivity contribution in [1.82, 2.24) is 10.3 Å². The lowest BCUT2D eigenvalue weighted by molar-refractivity contribution is 0.793. The number of nitrogens with one attached hydrogen (secondary N) is 2. The van der Waals surface area contributed by atoms with Crippen LogP contribution >= 0.6 is 12.4 Å². The maximum absolute atomic E-state index is 4.44. The van der Waals surface area contributed by atoms with E-state index < -0.39 is 0 Å². The summed E-state index contributed by atoms with van der Waals surface area (Å²) in [6.45, 7) is 2.16. The van der Waals surface area contributed by atoms with Crippen LogP contribution in [0.2, 0.25) is 0 Å². The first-order valence-electron chi connectivity index (χ1n) is 5.74. The van der Waals surface area contributed by atoms with Crippen molar-refractivity contribution in [3.63, 3.8) is 0 Å². The van der Waals surface area contributed by atoms with Crippen molar-refractivity contribution in [3.8, 4) is 0 Å². The molecule has 2 aromatic rings. The number of nitrogens with zero attached hydrogens (tertiary/aromatic N) is 1. The normalized spacial score (nSPS) is 18.9. The molecule has 0 spiro atoms. The van der Waals surface area contributed by atoms with Crippen LogP contribution < -0.4 is 10.6 Å². The number of para-hydroxylation sites is 1. The van der Waals surface area contributed by atoms with Crippen molar-refractivity contribution in [2.24, 2.45) is 0 Å². The average molecular weight is 250 g/mol. The molecule has 0 amide bonds. The van der Waals surface area contributed by atoms with E-state index >= 15 is 0 Å². The molecule has 0 saturated carbocycles. The number of hydrogen-bond acceptors (Lipinski definition) is 3. The standard InChI is InChI=1S/C13H15N3.ClH/c1-2-4-13-10(3-1)7-12(9-15-13)16-11-5-6-14-8-11;/h1-4,7,9,11,14,16H,5-6,8H2;1H. The summed E-state index contributed by atoms with van der Waals surface area (Å²) in [5, 5.41) is 8.05. The van der Waals surface area contributed by atoms with Crippen molar-refractivity contribution < 1.29 is 0 Å². The molecule has 0 aliphatic carbocycles. The zero-order chi connectivity index (χ0) is 10.8. The van der Waals surface area contributed by atoms with Crippen LogP contribution in [0.15, 0.2) is 36.5 Å². The molecule has 3 rings (SSSR count). The maximum Gasteiger partial charge on any atom is 0.0703 e. The fraction of sp³-hybridized carbons (Fsp3) is 0.308. The van der Waals surface area contributed by atoms with Crippen LogP contribution in [0.3, 0.4) is 0 Å². The van der Waals surface area contributed by atoms with Gasteiger partial charge in [0, 0.05) is 18.0 Å². The van der Waals surface area contributed by atoms with Crippen LogP contribution in [0.5, 0.6) is 0 Å². The van der Waals surface area contributed by atoms with Crippen LogP contribution in [-0.2, 0) is 0 Å². The molecular formula is C13H16ClN3. The maximum atomic E-state index is 4.44. The molecule has 0 bridgehead atoms. The minimum atomic E-state index is 0. The summed E-state index contributed by atoms with van der Waals surface area (Å²) in [5.74, 6) is 0. The quantitative estimate of drug-likeness (QED) is 0.859. The molecule has 1 aliphatic rings. The molecule has 1 fully saturated rings. The first-order valence-corrected chi connectivity index (χ1v) is 5.74. The van der Waals surface area contributed by atoms with Gasteiger partial charge in [-0.05, 0) is 25.1 Å². The second-order valence-electron chi connectivity index (χ2n) is 4.25. The molecule has 0 radical (unpaired) electrons. The van der Waals surface area contributed by atoms with Crippen LogP contribution in [-0.4, -0.2) is 24.1 Å². The minimum absolute atomic E-state index is 0. The van der Waals surface area contributed by atoms with Gasteiger partial charge in [0.25, 0.3) is 0 Å². The van der Waals surface area contributed by atoms with Gasteiger partial charge in [0.1, 0.15) is 0 Å². The summed E-state index contributed by atoms with van der Waals surface area (Å²) in [6, 6.07) is 10.9. The van der Waals surface area contributed by atoms with E-state index in [2.05, 4.69) is 27.8 Å². The summed E-state index contributed by atoms with van der Waals surface area (Å²) < 4.78 is 0. The molecular weight excluding hydrogens is 234 g/mol. The van der Waals surface area contributed by atoms with E-state index in [1.165, 1.54) is 11.8 Å². The summed E-state index contributed by atoms with van der Waals surface area (Å²) in [5.41, 5.74) is 2.17. The zero-order valence-corrected chi connectivity index (χ0v) is 10.3. The topological polar surface area (TPSA) is 37.0 Å². The summed E-state index contributed by atoms with van der Waals surface area (Å²) in [6.07, 6.45) is 3.10. The number of halogens is 1. The van der Waals surface area contributed by atoms with Crippen LogP contribution in [0.4, 0.5) is 5.69 Å². The van der Waals surface area contributed by atoms with Crippen molar-refractivity contribution in [1.29, 1.82) is 0 Å². The summed E-state index contributed by atoms with van der Waals surface area (Å²) in [7, 11) is 0. The van der Waals surface area contributed by atoms with E-state index in [-0.39, 0.29) is 12.4 Å². The Kier molecular flexibility index (Phi) is 3.82. The van der Waals surface area contributed by atoms with Crippen molar-refractivity contribution in [3.05, 3.63) is 36.5 Å². The lowest BCUT2D eigenvalue weighted by Gasteiger charge is -2.12. The predicted molar refractivity (Wildman–Crippen MR) is 73.9 cm³/mol. The Balaban J connectivity index is 0.00000108. The Morgan fingerprint density at radius 1 is 1.29 bits per heavy atom. The third kappa shape index (κ3) is 2.68. The number of aromatic nitrogens is 1. The number of anilines is 1. The monoisotopic (exact) mass is 249 g/mol. The van der Waals surface area contributed by atoms with E-state index in [4.69, 9.17) is 0 Å². The Morgan fingerprint density at radius 3 is 3.00 bits per heavy atom. The number of rotatable bonds is 2. The smallest absolute Gasteiger partial charge is 0.0703 e. The molecule has 1 unspecified atom stereocenters. The van der Waals surface area contributed by atoms with Gasteiger partial charge in [-0.2, -0.15) is 0 Å². The van der Waals surface area contributed by atoms with E-state index in [0.29, 0.717) is 6.04 Å². The number of benzene rings is 1. The molecule has 2 heterocycles. The van der Waals surface area contributed by atoms with Gasteiger partial charge >= 0.3 is 0 Å². The van der Waals surface area contributed by atoms with E-state index in [0.717, 1.165) is 24.3 Å². The first kappa shape index (κ1) is 12.1. The Morgan fingerprint density at radius 2 is 2.18 bits per heavy atom. The lowest BCUT2D eigenvalue weighted by Crippen LogP contribution is -2.22. The fourth-order valence-corrected chi connectivity index (χ4v) is 2.16. The Labute approximate surface area is 107 Å². The molecule has 1 aromatic carbocycles. The van der Waals surface area contributed by atoms with Gasteiger partial charge in [-0.15, -0.1) is 12.4 Å². The first-order chi connectivity index (χ1) is 7.92. The highest BCUT2D eigenvalue weighted by atomic mass is 35.5. The highest BCUT2D eigenvalue weighted by molar-refractivity contribution is 5.85. The van der Waals surface area contributed by atoms with E-state index in [1.54, 1.807) is 0 Å². The van der Waals surface area contributed by atoms with Gasteiger partial charge in [-0.25, -0.2) is 0 Å². The summed E-state index contributed by atoms with van der Waals surface area (Å²) >= 11 is 0. The molecule has 3 nitrogen and oxygen atoms in total. The van der Waals surface area contributed by atoms with Crippen molar-refractivity contribution in [2.45, 2.75) is 12.5 Å².